The zero-order valence-corrected chi connectivity index (χ0v) is 12.6. The molecule has 0 radical (unpaired) electrons. The quantitative estimate of drug-likeness (QED) is 0.717. The van der Waals surface area contributed by atoms with Gasteiger partial charge in [-0.15, -0.1) is 0 Å². The molecule has 0 aliphatic carbocycles. The van der Waals surface area contributed by atoms with E-state index in [-0.39, 0.29) is 0 Å². The minimum Gasteiger partial charge on any atom is -0.354 e. The highest BCUT2D eigenvalue weighted by atomic mass is 15.3. The van der Waals surface area contributed by atoms with Crippen molar-refractivity contribution in [2.24, 2.45) is 0 Å². The first-order chi connectivity index (χ1) is 10.8. The Labute approximate surface area is 129 Å². The summed E-state index contributed by atoms with van der Waals surface area (Å²) in [5.41, 5.74) is 2.85. The summed E-state index contributed by atoms with van der Waals surface area (Å²) in [6.07, 6.45) is 5.52. The van der Waals surface area contributed by atoms with Crippen molar-refractivity contribution in [1.29, 1.82) is 0 Å². The van der Waals surface area contributed by atoms with E-state index in [2.05, 4.69) is 44.0 Å². The first kappa shape index (κ1) is 13.2. The van der Waals surface area contributed by atoms with Crippen molar-refractivity contribution < 1.29 is 0 Å². The third kappa shape index (κ3) is 2.31. The predicted octanol–water partition coefficient (Wildman–Crippen LogP) is 1.54. The number of pyridine rings is 1. The Morgan fingerprint density at radius 1 is 0.955 bits per heavy atom. The van der Waals surface area contributed by atoms with E-state index in [0.717, 1.165) is 48.9 Å². The molecule has 0 amide bonds. The molecule has 0 saturated carbocycles. The van der Waals surface area contributed by atoms with Crippen molar-refractivity contribution in [3.63, 3.8) is 0 Å². The molecular weight excluding hydrogens is 276 g/mol. The molecule has 112 valence electrons. The Morgan fingerprint density at radius 2 is 1.82 bits per heavy atom. The number of piperazine rings is 1. The van der Waals surface area contributed by atoms with Crippen LogP contribution in [-0.2, 0) is 0 Å². The van der Waals surface area contributed by atoms with E-state index >= 15 is 0 Å². The van der Waals surface area contributed by atoms with E-state index in [4.69, 9.17) is 0 Å². The summed E-state index contributed by atoms with van der Waals surface area (Å²) in [5, 5.41) is 4.35. The molecule has 3 aromatic heterocycles. The van der Waals surface area contributed by atoms with Gasteiger partial charge in [0, 0.05) is 44.1 Å². The van der Waals surface area contributed by atoms with Gasteiger partial charge in [0.1, 0.15) is 5.82 Å². The Balaban J connectivity index is 1.62. The van der Waals surface area contributed by atoms with Crippen LogP contribution in [-0.4, -0.2) is 57.7 Å². The Morgan fingerprint density at radius 3 is 2.59 bits per heavy atom. The summed E-state index contributed by atoms with van der Waals surface area (Å²) in [6, 6.07) is 8.02. The van der Waals surface area contributed by atoms with Gasteiger partial charge in [-0.1, -0.05) is 0 Å². The molecule has 0 bridgehead atoms. The Bertz CT molecular complexity index is 771. The fraction of sp³-hybridized carbons (Fsp3) is 0.312. The van der Waals surface area contributed by atoms with Gasteiger partial charge in [0.2, 0.25) is 0 Å². The van der Waals surface area contributed by atoms with Crippen LogP contribution in [0.5, 0.6) is 0 Å². The van der Waals surface area contributed by atoms with E-state index in [0.29, 0.717) is 0 Å². The molecule has 1 aliphatic rings. The van der Waals surface area contributed by atoms with Gasteiger partial charge in [0.15, 0.2) is 5.65 Å². The third-order valence-electron chi connectivity index (χ3n) is 4.15. The molecule has 6 heteroatoms. The normalized spacial score (nSPS) is 16.3. The van der Waals surface area contributed by atoms with E-state index < -0.39 is 0 Å². The van der Waals surface area contributed by atoms with E-state index in [1.807, 2.05) is 29.0 Å². The maximum absolute atomic E-state index is 4.63. The van der Waals surface area contributed by atoms with Crippen LogP contribution in [0.15, 0.2) is 42.9 Å². The lowest BCUT2D eigenvalue weighted by Gasteiger charge is -2.33. The monoisotopic (exact) mass is 294 g/mol. The molecule has 0 N–H and O–H groups in total. The maximum atomic E-state index is 4.63. The average molecular weight is 294 g/mol. The van der Waals surface area contributed by atoms with Crippen LogP contribution in [0.2, 0.25) is 0 Å². The number of nitrogens with zero attached hydrogens (tertiary/aromatic N) is 6. The van der Waals surface area contributed by atoms with Crippen molar-refractivity contribution in [2.45, 2.75) is 0 Å². The topological polar surface area (TPSA) is 49.6 Å². The summed E-state index contributed by atoms with van der Waals surface area (Å²) < 4.78 is 1.84. The van der Waals surface area contributed by atoms with Crippen LogP contribution in [0, 0.1) is 0 Å². The predicted molar refractivity (Wildman–Crippen MR) is 85.9 cm³/mol. The van der Waals surface area contributed by atoms with Crippen molar-refractivity contribution in [1.82, 2.24) is 24.5 Å². The van der Waals surface area contributed by atoms with Crippen molar-refractivity contribution in [3.05, 3.63) is 42.9 Å². The standard InChI is InChI=1S/C16H18N6/c1-20-7-9-21(10-8-20)15-5-4-13(11-17-15)14-12-18-16-3-2-6-19-22(14)16/h2-6,11-12H,7-10H2,1H3. The van der Waals surface area contributed by atoms with Crippen molar-refractivity contribution >= 4 is 11.5 Å². The molecule has 22 heavy (non-hydrogen) atoms. The molecule has 1 saturated heterocycles. The summed E-state index contributed by atoms with van der Waals surface area (Å²) in [4.78, 5) is 13.7. The second kappa shape index (κ2) is 5.38. The van der Waals surface area contributed by atoms with Gasteiger partial charge >= 0.3 is 0 Å². The summed E-state index contributed by atoms with van der Waals surface area (Å²) >= 11 is 0. The molecule has 0 unspecified atom stereocenters. The fourth-order valence-electron chi connectivity index (χ4n) is 2.79. The lowest BCUT2D eigenvalue weighted by Crippen LogP contribution is -2.44. The van der Waals surface area contributed by atoms with E-state index in [1.165, 1.54) is 0 Å². The maximum Gasteiger partial charge on any atom is 0.154 e. The van der Waals surface area contributed by atoms with Gasteiger partial charge in [0.05, 0.1) is 11.9 Å². The number of hydrogen-bond acceptors (Lipinski definition) is 5. The molecule has 0 aromatic carbocycles. The number of rotatable bonds is 2. The number of likely N-dealkylation sites (N-methyl/N-ethyl adjacent to an activating group) is 1. The lowest BCUT2D eigenvalue weighted by molar-refractivity contribution is 0.312. The summed E-state index contributed by atoms with van der Waals surface area (Å²) in [6.45, 7) is 4.22. The highest BCUT2D eigenvalue weighted by Crippen LogP contribution is 2.21. The zero-order chi connectivity index (χ0) is 14.9. The van der Waals surface area contributed by atoms with Crippen LogP contribution in [0.1, 0.15) is 0 Å². The second-order valence-corrected chi connectivity index (χ2v) is 5.63. The number of imidazole rings is 1. The molecule has 0 atom stereocenters. The van der Waals surface area contributed by atoms with Crippen LogP contribution < -0.4 is 4.90 Å². The number of fused-ring (bicyclic) bond motifs is 1. The number of anilines is 1. The minimum atomic E-state index is 0.848. The highest BCUT2D eigenvalue weighted by molar-refractivity contribution is 5.63. The molecule has 4 rings (SSSR count). The number of hydrogen-bond donors (Lipinski definition) is 0. The van der Waals surface area contributed by atoms with Crippen LogP contribution in [0.25, 0.3) is 16.9 Å². The van der Waals surface area contributed by atoms with Gasteiger partial charge in [-0.2, -0.15) is 5.10 Å². The van der Waals surface area contributed by atoms with E-state index in [1.54, 1.807) is 6.20 Å². The summed E-state index contributed by atoms with van der Waals surface area (Å²) in [7, 11) is 2.16. The van der Waals surface area contributed by atoms with Crippen LogP contribution in [0.3, 0.4) is 0 Å². The van der Waals surface area contributed by atoms with Gasteiger partial charge < -0.3 is 9.80 Å². The molecule has 1 fully saturated rings. The lowest BCUT2D eigenvalue weighted by atomic mass is 10.2. The van der Waals surface area contributed by atoms with Crippen molar-refractivity contribution in [2.75, 3.05) is 38.1 Å². The van der Waals surface area contributed by atoms with Crippen LogP contribution >= 0.6 is 0 Å². The largest absolute Gasteiger partial charge is 0.354 e. The van der Waals surface area contributed by atoms with Gasteiger partial charge in [-0.25, -0.2) is 14.5 Å². The van der Waals surface area contributed by atoms with Crippen LogP contribution in [0.4, 0.5) is 5.82 Å². The Kier molecular flexibility index (Phi) is 3.23. The molecule has 3 aromatic rings. The Hall–Kier alpha value is -2.47. The third-order valence-corrected chi connectivity index (χ3v) is 4.15. The van der Waals surface area contributed by atoms with Gasteiger partial charge in [0.25, 0.3) is 0 Å². The smallest absolute Gasteiger partial charge is 0.154 e. The van der Waals surface area contributed by atoms with E-state index in [9.17, 15) is 0 Å². The molecule has 6 nitrogen and oxygen atoms in total. The first-order valence-corrected chi connectivity index (χ1v) is 7.50. The molecule has 1 aliphatic heterocycles. The SMILES string of the molecule is CN1CCN(c2ccc(-c3cnc4cccnn34)cn2)CC1. The molecule has 0 spiro atoms. The summed E-state index contributed by atoms with van der Waals surface area (Å²) in [5.74, 6) is 1.04. The molecular formula is C16H18N6. The second-order valence-electron chi connectivity index (χ2n) is 5.63. The number of aromatic nitrogens is 4. The van der Waals surface area contributed by atoms with Gasteiger partial charge in [-0.3, -0.25) is 0 Å². The highest BCUT2D eigenvalue weighted by Gasteiger charge is 2.15. The minimum absolute atomic E-state index is 0.848. The zero-order valence-electron chi connectivity index (χ0n) is 12.6. The average Bonchev–Trinajstić information content (AvgIpc) is 3.00. The van der Waals surface area contributed by atoms with Crippen molar-refractivity contribution in [3.8, 4) is 11.3 Å². The molecule has 4 heterocycles. The van der Waals surface area contributed by atoms with Gasteiger partial charge in [-0.05, 0) is 31.3 Å². The first-order valence-electron chi connectivity index (χ1n) is 7.50. The fourth-order valence-corrected chi connectivity index (χ4v) is 2.79.